The number of nitrogens with two attached hydrogens (primary N) is 1. The minimum atomic E-state index is -0.0841. The van der Waals surface area contributed by atoms with Crippen molar-refractivity contribution in [2.24, 2.45) is 11.7 Å². The van der Waals surface area contributed by atoms with Crippen LogP contribution in [0.3, 0.4) is 0 Å². The molecular formula is C8H13N3O. The molecule has 0 aliphatic rings. The number of nitrogens with zero attached hydrogens (tertiary/aromatic N) is 2. The third-order valence-corrected chi connectivity index (χ3v) is 1.85. The van der Waals surface area contributed by atoms with E-state index < -0.39 is 0 Å². The Hall–Kier alpha value is -1.16. The number of rotatable bonds is 4. The van der Waals surface area contributed by atoms with Gasteiger partial charge in [0.2, 0.25) is 0 Å². The highest BCUT2D eigenvalue weighted by atomic mass is 16.1. The molecule has 12 heavy (non-hydrogen) atoms. The van der Waals surface area contributed by atoms with Gasteiger partial charge in [-0.2, -0.15) is 0 Å². The Balaban J connectivity index is 2.54. The van der Waals surface area contributed by atoms with Gasteiger partial charge in [-0.25, -0.2) is 4.98 Å². The normalized spacial score (nSPS) is 12.8. The highest BCUT2D eigenvalue weighted by molar-refractivity contribution is 5.78. The number of hydrogen-bond acceptors (Lipinski definition) is 3. The van der Waals surface area contributed by atoms with E-state index in [9.17, 15) is 4.79 Å². The van der Waals surface area contributed by atoms with Crippen LogP contribution in [-0.4, -0.2) is 21.9 Å². The van der Waals surface area contributed by atoms with E-state index in [2.05, 4.69) is 4.98 Å². The summed E-state index contributed by atoms with van der Waals surface area (Å²) in [5.74, 6) is 0.0467. The average molecular weight is 167 g/mol. The molecule has 2 N–H and O–H groups in total. The van der Waals surface area contributed by atoms with E-state index in [1.54, 1.807) is 19.4 Å². The van der Waals surface area contributed by atoms with Crippen LogP contribution in [-0.2, 0) is 11.3 Å². The lowest BCUT2D eigenvalue weighted by atomic mass is 10.1. The number of hydrogen-bond donors (Lipinski definition) is 1. The van der Waals surface area contributed by atoms with Crippen molar-refractivity contribution in [1.29, 1.82) is 0 Å². The number of carbonyl (C=O) groups is 1. The Morgan fingerprint density at radius 2 is 2.50 bits per heavy atom. The monoisotopic (exact) mass is 167 g/mol. The Morgan fingerprint density at radius 3 is 2.92 bits per heavy atom. The Morgan fingerprint density at radius 1 is 1.75 bits per heavy atom. The predicted molar refractivity (Wildman–Crippen MR) is 45.5 cm³/mol. The van der Waals surface area contributed by atoms with Crippen LogP contribution in [0.1, 0.15) is 6.92 Å². The van der Waals surface area contributed by atoms with Crippen molar-refractivity contribution in [3.05, 3.63) is 18.7 Å². The van der Waals surface area contributed by atoms with Crippen molar-refractivity contribution in [3.8, 4) is 0 Å². The molecule has 4 nitrogen and oxygen atoms in total. The van der Waals surface area contributed by atoms with Crippen LogP contribution in [0.5, 0.6) is 0 Å². The summed E-state index contributed by atoms with van der Waals surface area (Å²) in [6.07, 6.45) is 5.20. The molecule has 4 heteroatoms. The largest absolute Gasteiger partial charge is 0.337 e. The summed E-state index contributed by atoms with van der Waals surface area (Å²) in [6, 6.07) is 0. The van der Waals surface area contributed by atoms with E-state index in [4.69, 9.17) is 5.73 Å². The standard InChI is InChI=1S/C8H13N3O/c1-7(12)8(4-9)5-11-3-2-10-6-11/h2-3,6,8H,4-5,9H2,1H3. The maximum atomic E-state index is 11.0. The molecule has 66 valence electrons. The first-order valence-corrected chi connectivity index (χ1v) is 3.90. The quantitative estimate of drug-likeness (QED) is 0.689. The topological polar surface area (TPSA) is 60.9 Å². The lowest BCUT2D eigenvalue weighted by Gasteiger charge is -2.10. The van der Waals surface area contributed by atoms with Gasteiger partial charge in [0.15, 0.2) is 0 Å². The molecule has 0 aromatic carbocycles. The molecule has 0 aliphatic carbocycles. The van der Waals surface area contributed by atoms with Gasteiger partial charge < -0.3 is 10.3 Å². The predicted octanol–water partition coefficient (Wildman–Crippen LogP) is 0.0470. The van der Waals surface area contributed by atoms with Crippen molar-refractivity contribution in [1.82, 2.24) is 9.55 Å². The van der Waals surface area contributed by atoms with Gasteiger partial charge in [0.1, 0.15) is 5.78 Å². The van der Waals surface area contributed by atoms with E-state index in [-0.39, 0.29) is 11.7 Å². The second kappa shape index (κ2) is 4.01. The van der Waals surface area contributed by atoms with E-state index in [1.807, 2.05) is 10.8 Å². The van der Waals surface area contributed by atoms with Gasteiger partial charge in [0.25, 0.3) is 0 Å². The van der Waals surface area contributed by atoms with E-state index in [1.165, 1.54) is 0 Å². The third kappa shape index (κ3) is 2.17. The summed E-state index contributed by atoms with van der Waals surface area (Å²) in [5, 5.41) is 0. The fourth-order valence-electron chi connectivity index (χ4n) is 1.02. The molecule has 1 aromatic rings. The lowest BCUT2D eigenvalue weighted by Crippen LogP contribution is -2.25. The molecule has 0 spiro atoms. The van der Waals surface area contributed by atoms with Gasteiger partial charge in [-0.3, -0.25) is 4.79 Å². The zero-order chi connectivity index (χ0) is 8.97. The molecule has 0 aliphatic heterocycles. The van der Waals surface area contributed by atoms with Crippen LogP contribution in [0.2, 0.25) is 0 Å². The smallest absolute Gasteiger partial charge is 0.135 e. The second-order valence-corrected chi connectivity index (χ2v) is 2.80. The Kier molecular flexibility index (Phi) is 2.99. The first kappa shape index (κ1) is 8.93. The zero-order valence-corrected chi connectivity index (χ0v) is 7.10. The summed E-state index contributed by atoms with van der Waals surface area (Å²) in [4.78, 5) is 14.9. The van der Waals surface area contributed by atoms with Crippen LogP contribution in [0.15, 0.2) is 18.7 Å². The van der Waals surface area contributed by atoms with E-state index in [0.717, 1.165) is 0 Å². The minimum Gasteiger partial charge on any atom is -0.337 e. The molecule has 0 fully saturated rings. The zero-order valence-electron chi connectivity index (χ0n) is 7.10. The van der Waals surface area contributed by atoms with Crippen molar-refractivity contribution in [3.63, 3.8) is 0 Å². The SMILES string of the molecule is CC(=O)C(CN)Cn1ccnc1. The van der Waals surface area contributed by atoms with Crippen LogP contribution in [0.25, 0.3) is 0 Å². The minimum absolute atomic E-state index is 0.0841. The lowest BCUT2D eigenvalue weighted by molar-refractivity contribution is -0.120. The number of carbonyl (C=O) groups excluding carboxylic acids is 1. The molecule has 0 amide bonds. The highest BCUT2D eigenvalue weighted by Crippen LogP contribution is 2.00. The fraction of sp³-hybridized carbons (Fsp3) is 0.500. The molecule has 1 unspecified atom stereocenters. The van der Waals surface area contributed by atoms with E-state index >= 15 is 0 Å². The molecular weight excluding hydrogens is 154 g/mol. The van der Waals surface area contributed by atoms with Gasteiger partial charge >= 0.3 is 0 Å². The first-order valence-electron chi connectivity index (χ1n) is 3.90. The Labute approximate surface area is 71.4 Å². The van der Waals surface area contributed by atoms with Gasteiger partial charge in [-0.05, 0) is 6.92 Å². The van der Waals surface area contributed by atoms with Crippen LogP contribution < -0.4 is 5.73 Å². The maximum Gasteiger partial charge on any atom is 0.135 e. The van der Waals surface area contributed by atoms with E-state index in [0.29, 0.717) is 13.1 Å². The first-order chi connectivity index (χ1) is 5.74. The van der Waals surface area contributed by atoms with Gasteiger partial charge in [-0.15, -0.1) is 0 Å². The average Bonchev–Trinajstić information content (AvgIpc) is 2.51. The van der Waals surface area contributed by atoms with Crippen molar-refractivity contribution >= 4 is 5.78 Å². The van der Waals surface area contributed by atoms with Crippen molar-refractivity contribution in [2.45, 2.75) is 13.5 Å². The summed E-state index contributed by atoms with van der Waals surface area (Å²) in [5.41, 5.74) is 5.44. The highest BCUT2D eigenvalue weighted by Gasteiger charge is 2.11. The molecule has 1 aromatic heterocycles. The maximum absolute atomic E-state index is 11.0. The van der Waals surface area contributed by atoms with Crippen LogP contribution in [0.4, 0.5) is 0 Å². The summed E-state index contributed by atoms with van der Waals surface area (Å²) < 4.78 is 1.86. The molecule has 0 saturated heterocycles. The Bertz CT molecular complexity index is 243. The number of Topliss-reactive ketones (excluding diaryl/α,β-unsaturated/α-hetero) is 1. The third-order valence-electron chi connectivity index (χ3n) is 1.85. The second-order valence-electron chi connectivity index (χ2n) is 2.80. The van der Waals surface area contributed by atoms with Gasteiger partial charge in [0.05, 0.1) is 6.33 Å². The summed E-state index contributed by atoms with van der Waals surface area (Å²) in [7, 11) is 0. The molecule has 0 radical (unpaired) electrons. The molecule has 0 bridgehead atoms. The molecule has 0 saturated carbocycles. The van der Waals surface area contributed by atoms with Gasteiger partial charge in [0, 0.05) is 31.4 Å². The molecule has 1 atom stereocenters. The van der Waals surface area contributed by atoms with Crippen molar-refractivity contribution < 1.29 is 4.79 Å². The van der Waals surface area contributed by atoms with Gasteiger partial charge in [-0.1, -0.05) is 0 Å². The number of aromatic nitrogens is 2. The summed E-state index contributed by atoms with van der Waals surface area (Å²) >= 11 is 0. The van der Waals surface area contributed by atoms with Crippen molar-refractivity contribution in [2.75, 3.05) is 6.54 Å². The molecule has 1 rings (SSSR count). The molecule has 1 heterocycles. The number of imidazole rings is 1. The van der Waals surface area contributed by atoms with Crippen LogP contribution >= 0.6 is 0 Å². The van der Waals surface area contributed by atoms with Crippen LogP contribution in [0, 0.1) is 5.92 Å². The number of ketones is 1. The summed E-state index contributed by atoms with van der Waals surface area (Å²) in [6.45, 7) is 2.59. The fourth-order valence-corrected chi connectivity index (χ4v) is 1.02.